The molecule has 0 aliphatic rings. The van der Waals surface area contributed by atoms with Gasteiger partial charge in [0.05, 0.1) is 0 Å². The molecule has 0 unspecified atom stereocenters. The summed E-state index contributed by atoms with van der Waals surface area (Å²) in [5.74, 6) is -0.969. The zero-order valence-electron chi connectivity index (χ0n) is 10.4. The molecular formula is C12H12N5O3+. The fourth-order valence-electron chi connectivity index (χ4n) is 1.44. The van der Waals surface area contributed by atoms with Gasteiger partial charge in [0, 0.05) is 24.0 Å². The number of nitrogens with zero attached hydrogens (tertiary/aromatic N) is 4. The summed E-state index contributed by atoms with van der Waals surface area (Å²) in [6.45, 7) is -0.460. The molecule has 2 aromatic heterocycles. The van der Waals surface area contributed by atoms with E-state index < -0.39 is 18.4 Å². The maximum absolute atomic E-state index is 11.4. The number of carbonyl (C=O) groups excluding carboxylic acids is 1. The molecule has 8 nitrogen and oxygen atoms in total. The second-order valence-corrected chi connectivity index (χ2v) is 3.86. The van der Waals surface area contributed by atoms with Crippen molar-refractivity contribution in [2.24, 2.45) is 0 Å². The Bertz CT molecular complexity index is 600. The van der Waals surface area contributed by atoms with Crippen molar-refractivity contribution in [2.75, 3.05) is 6.54 Å². The van der Waals surface area contributed by atoms with Crippen molar-refractivity contribution in [1.29, 1.82) is 0 Å². The lowest BCUT2D eigenvalue weighted by Crippen LogP contribution is -2.46. The first-order chi connectivity index (χ1) is 9.65. The Morgan fingerprint density at radius 2 is 2.05 bits per heavy atom. The van der Waals surface area contributed by atoms with Crippen molar-refractivity contribution in [1.82, 2.24) is 20.4 Å². The highest BCUT2D eigenvalue weighted by atomic mass is 16.4. The zero-order chi connectivity index (χ0) is 14.4. The Balaban J connectivity index is 1.98. The van der Waals surface area contributed by atoms with E-state index in [1.54, 1.807) is 36.9 Å². The Kier molecular flexibility index (Phi) is 4.28. The highest BCUT2D eigenvalue weighted by Gasteiger charge is 2.12. The summed E-state index contributed by atoms with van der Waals surface area (Å²) >= 11 is 0. The number of nitrogens with one attached hydrogen (secondary N) is 1. The van der Waals surface area contributed by atoms with Crippen LogP contribution in [0.2, 0.25) is 0 Å². The van der Waals surface area contributed by atoms with Crippen LogP contribution in [-0.2, 0) is 16.1 Å². The van der Waals surface area contributed by atoms with Gasteiger partial charge in [-0.05, 0) is 11.2 Å². The van der Waals surface area contributed by atoms with E-state index in [2.05, 4.69) is 20.4 Å². The summed E-state index contributed by atoms with van der Waals surface area (Å²) in [4.78, 5) is 29.9. The molecule has 2 aromatic rings. The molecule has 2 rings (SSSR count). The predicted octanol–water partition coefficient (Wildman–Crippen LogP) is -0.973. The molecule has 0 spiro atoms. The third-order valence-corrected chi connectivity index (χ3v) is 2.34. The average Bonchev–Trinajstić information content (AvgIpc) is 2.47. The summed E-state index contributed by atoms with van der Waals surface area (Å²) in [5.41, 5.74) is 0.729. The first kappa shape index (κ1) is 13.5. The maximum atomic E-state index is 11.4. The van der Waals surface area contributed by atoms with Gasteiger partial charge in [0.1, 0.15) is 12.7 Å². The molecule has 0 saturated carbocycles. The van der Waals surface area contributed by atoms with Crippen LogP contribution in [0.5, 0.6) is 0 Å². The zero-order valence-corrected chi connectivity index (χ0v) is 10.4. The number of aliphatic carboxylic acids is 1. The monoisotopic (exact) mass is 274 g/mol. The van der Waals surface area contributed by atoms with Crippen LogP contribution in [0, 0.1) is 0 Å². The molecule has 0 atom stereocenters. The molecule has 2 N–H and O–H groups in total. The molecule has 0 fully saturated rings. The number of rotatable bonds is 5. The molecular weight excluding hydrogens is 262 g/mol. The Morgan fingerprint density at radius 1 is 1.30 bits per heavy atom. The molecule has 0 aromatic carbocycles. The van der Waals surface area contributed by atoms with Crippen LogP contribution in [0.15, 0.2) is 36.9 Å². The summed E-state index contributed by atoms with van der Waals surface area (Å²) in [6, 6.07) is 3.44. The number of carboxylic acids is 1. The normalized spacial score (nSPS) is 10.0. The maximum Gasteiger partial charge on any atom is 0.322 e. The summed E-state index contributed by atoms with van der Waals surface area (Å²) in [7, 11) is 0. The lowest BCUT2D eigenvalue weighted by atomic mass is 10.3. The SMILES string of the molecule is O=C(O)CNC(=O)C[n+]1ccc(-c2ncccn2)cn1. The highest BCUT2D eigenvalue weighted by Crippen LogP contribution is 2.08. The number of hydrogen-bond acceptors (Lipinski definition) is 5. The van der Waals surface area contributed by atoms with E-state index in [0.29, 0.717) is 5.82 Å². The molecule has 8 heteroatoms. The number of carbonyl (C=O) groups is 2. The number of hydrogen-bond donors (Lipinski definition) is 2. The van der Waals surface area contributed by atoms with E-state index in [4.69, 9.17) is 5.11 Å². The van der Waals surface area contributed by atoms with Crippen molar-refractivity contribution in [3.05, 3.63) is 36.9 Å². The smallest absolute Gasteiger partial charge is 0.322 e. The van der Waals surface area contributed by atoms with Crippen molar-refractivity contribution in [3.8, 4) is 11.4 Å². The summed E-state index contributed by atoms with van der Waals surface area (Å²) < 4.78 is 1.39. The molecule has 0 aliphatic heterocycles. The van der Waals surface area contributed by atoms with Crippen LogP contribution in [0.4, 0.5) is 0 Å². The van der Waals surface area contributed by atoms with Crippen LogP contribution in [0.1, 0.15) is 0 Å². The molecule has 1 amide bonds. The van der Waals surface area contributed by atoms with E-state index in [0.717, 1.165) is 5.56 Å². The summed E-state index contributed by atoms with van der Waals surface area (Å²) in [5, 5.41) is 14.7. The van der Waals surface area contributed by atoms with E-state index in [9.17, 15) is 9.59 Å². The van der Waals surface area contributed by atoms with Gasteiger partial charge in [0.15, 0.2) is 12.0 Å². The van der Waals surface area contributed by atoms with Crippen LogP contribution >= 0.6 is 0 Å². The minimum atomic E-state index is -1.09. The van der Waals surface area contributed by atoms with Gasteiger partial charge in [-0.25, -0.2) is 9.97 Å². The van der Waals surface area contributed by atoms with Crippen LogP contribution < -0.4 is 10.00 Å². The highest BCUT2D eigenvalue weighted by molar-refractivity contribution is 5.80. The van der Waals surface area contributed by atoms with Gasteiger partial charge in [-0.1, -0.05) is 4.68 Å². The van der Waals surface area contributed by atoms with Crippen LogP contribution in [0.25, 0.3) is 11.4 Å². The average molecular weight is 274 g/mol. The Hall–Kier alpha value is -2.90. The molecule has 0 radical (unpaired) electrons. The Labute approximate surface area is 114 Å². The third-order valence-electron chi connectivity index (χ3n) is 2.34. The minimum Gasteiger partial charge on any atom is -0.480 e. The Morgan fingerprint density at radius 3 is 2.65 bits per heavy atom. The first-order valence-electron chi connectivity index (χ1n) is 5.77. The number of carboxylic acid groups (broad SMARTS) is 1. The first-order valence-corrected chi connectivity index (χ1v) is 5.77. The van der Waals surface area contributed by atoms with E-state index in [1.807, 2.05) is 0 Å². The third kappa shape index (κ3) is 3.80. The molecule has 102 valence electrons. The standard InChI is InChI=1S/C12H11N5O3/c18-10(15-7-11(19)20)8-17-5-2-9(6-16-17)12-13-3-1-4-14-12/h1-6H,7-8H2,(H-,15,18,19,20)/p+1. The van der Waals surface area contributed by atoms with Gasteiger partial charge >= 0.3 is 5.97 Å². The van der Waals surface area contributed by atoms with Gasteiger partial charge in [0.25, 0.3) is 12.5 Å². The molecule has 20 heavy (non-hydrogen) atoms. The quantitative estimate of drug-likeness (QED) is 0.679. The second-order valence-electron chi connectivity index (χ2n) is 3.86. The number of aromatic nitrogens is 4. The van der Waals surface area contributed by atoms with Gasteiger partial charge in [-0.2, -0.15) is 0 Å². The van der Waals surface area contributed by atoms with Crippen molar-refractivity contribution in [2.45, 2.75) is 6.54 Å². The fraction of sp³-hybridized carbons (Fsp3) is 0.167. The van der Waals surface area contributed by atoms with Gasteiger partial charge < -0.3 is 10.4 Å². The van der Waals surface area contributed by atoms with Crippen molar-refractivity contribution >= 4 is 11.9 Å². The fourth-order valence-corrected chi connectivity index (χ4v) is 1.44. The second kappa shape index (κ2) is 6.32. The van der Waals surface area contributed by atoms with Gasteiger partial charge in [0.2, 0.25) is 0 Å². The topological polar surface area (TPSA) is 109 Å². The summed E-state index contributed by atoms with van der Waals surface area (Å²) in [6.07, 6.45) is 6.40. The van der Waals surface area contributed by atoms with E-state index >= 15 is 0 Å². The molecule has 0 saturated heterocycles. The lowest BCUT2D eigenvalue weighted by molar-refractivity contribution is -0.742. The van der Waals surface area contributed by atoms with Crippen LogP contribution in [-0.4, -0.2) is 38.6 Å². The predicted molar refractivity (Wildman–Crippen MR) is 66.1 cm³/mol. The van der Waals surface area contributed by atoms with E-state index in [-0.39, 0.29) is 6.54 Å². The van der Waals surface area contributed by atoms with Crippen LogP contribution in [0.3, 0.4) is 0 Å². The van der Waals surface area contributed by atoms with Gasteiger partial charge in [-0.15, -0.1) is 0 Å². The van der Waals surface area contributed by atoms with Crippen molar-refractivity contribution in [3.63, 3.8) is 0 Å². The number of amides is 1. The largest absolute Gasteiger partial charge is 0.480 e. The minimum absolute atomic E-state index is 0.0524. The molecule has 0 bridgehead atoms. The lowest BCUT2D eigenvalue weighted by Gasteiger charge is -1.99. The molecule has 2 heterocycles. The van der Waals surface area contributed by atoms with Gasteiger partial charge in [-0.3, -0.25) is 9.59 Å². The van der Waals surface area contributed by atoms with Crippen molar-refractivity contribution < 1.29 is 19.4 Å². The van der Waals surface area contributed by atoms with E-state index in [1.165, 1.54) is 4.68 Å². The molecule has 0 aliphatic carbocycles.